The molecule has 3 heteroatoms. The van der Waals surface area contributed by atoms with Gasteiger partial charge in [0.2, 0.25) is 0 Å². The third-order valence-corrected chi connectivity index (χ3v) is 6.77. The Bertz CT molecular complexity index is 236. The van der Waals surface area contributed by atoms with E-state index in [4.69, 9.17) is 0 Å². The highest BCUT2D eigenvalue weighted by Crippen LogP contribution is 2.57. The zero-order valence-electron chi connectivity index (χ0n) is 10.4. The van der Waals surface area contributed by atoms with E-state index in [9.17, 15) is 4.57 Å². The maximum Gasteiger partial charge on any atom is 0.155 e. The Morgan fingerprint density at radius 2 is 1.40 bits per heavy atom. The molecular weight excluding hydrogens is 205 g/mol. The first-order valence-corrected chi connectivity index (χ1v) is 7.27. The molecule has 0 saturated carbocycles. The van der Waals surface area contributed by atoms with Crippen molar-refractivity contribution in [3.63, 3.8) is 0 Å². The summed E-state index contributed by atoms with van der Waals surface area (Å²) in [7, 11) is -2.32. The Labute approximate surface area is 94.5 Å². The predicted octanol–water partition coefficient (Wildman–Crippen LogP) is 3.76. The smallest absolute Gasteiger partial charge is 0.155 e. The first kappa shape index (κ1) is 14.7. The molecule has 0 saturated heterocycles. The third kappa shape index (κ3) is 3.32. The van der Waals surface area contributed by atoms with Crippen LogP contribution >= 0.6 is 7.29 Å². The van der Waals surface area contributed by atoms with Crippen LogP contribution in [0.5, 0.6) is 0 Å². The molecule has 15 heavy (non-hydrogen) atoms. The maximum atomic E-state index is 12.9. The van der Waals surface area contributed by atoms with E-state index in [1.165, 1.54) is 0 Å². The van der Waals surface area contributed by atoms with Crippen LogP contribution in [0.15, 0.2) is 25.3 Å². The van der Waals surface area contributed by atoms with Crippen molar-refractivity contribution in [2.45, 2.75) is 39.0 Å². The van der Waals surface area contributed by atoms with Crippen molar-refractivity contribution in [3.05, 3.63) is 25.3 Å². The zero-order valence-corrected chi connectivity index (χ0v) is 11.3. The van der Waals surface area contributed by atoms with Crippen LogP contribution in [0.25, 0.3) is 0 Å². The molecule has 88 valence electrons. The molecule has 2 nitrogen and oxygen atoms in total. The predicted molar refractivity (Wildman–Crippen MR) is 69.8 cm³/mol. The standard InChI is InChI=1S/C12H24NOP/c1-7-9-13(10-8-2)15(14,11(3)4)12(5)6/h7-8,11-12H,1-2,9-10H2,3-6H3. The lowest BCUT2D eigenvalue weighted by Crippen LogP contribution is -2.29. The summed E-state index contributed by atoms with van der Waals surface area (Å²) in [5.41, 5.74) is 0.356. The van der Waals surface area contributed by atoms with Crippen LogP contribution in [0.2, 0.25) is 0 Å². The molecule has 0 spiro atoms. The van der Waals surface area contributed by atoms with E-state index >= 15 is 0 Å². The van der Waals surface area contributed by atoms with Gasteiger partial charge in [-0.2, -0.15) is 0 Å². The summed E-state index contributed by atoms with van der Waals surface area (Å²) in [6, 6.07) is 0. The van der Waals surface area contributed by atoms with Gasteiger partial charge in [0.15, 0.2) is 7.29 Å². The topological polar surface area (TPSA) is 20.3 Å². The summed E-state index contributed by atoms with van der Waals surface area (Å²) in [6.07, 6.45) is 3.61. The number of hydrogen-bond acceptors (Lipinski definition) is 1. The number of hydrogen-bond donors (Lipinski definition) is 0. The first-order chi connectivity index (χ1) is 6.91. The number of rotatable bonds is 7. The molecule has 0 aliphatic heterocycles. The molecule has 0 atom stereocenters. The zero-order chi connectivity index (χ0) is 12.1. The van der Waals surface area contributed by atoms with Gasteiger partial charge in [0.1, 0.15) is 0 Å². The quantitative estimate of drug-likeness (QED) is 0.489. The minimum atomic E-state index is -2.32. The minimum absolute atomic E-state index is 0.178. The Hall–Kier alpha value is -0.330. The van der Waals surface area contributed by atoms with Gasteiger partial charge in [0.25, 0.3) is 0 Å². The maximum absolute atomic E-state index is 12.9. The highest BCUT2D eigenvalue weighted by atomic mass is 31.2. The second kappa shape index (κ2) is 6.30. The molecule has 0 radical (unpaired) electrons. The average Bonchev–Trinajstić information content (AvgIpc) is 2.15. The van der Waals surface area contributed by atoms with Gasteiger partial charge < -0.3 is 4.57 Å². The molecule has 0 aliphatic carbocycles. The molecule has 0 aromatic rings. The second-order valence-electron chi connectivity index (χ2n) is 4.31. The molecule has 0 N–H and O–H groups in total. The van der Waals surface area contributed by atoms with Crippen molar-refractivity contribution in [2.75, 3.05) is 13.1 Å². The van der Waals surface area contributed by atoms with Gasteiger partial charge in [-0.25, -0.2) is 4.67 Å². The van der Waals surface area contributed by atoms with Crippen LogP contribution in [0.4, 0.5) is 0 Å². The van der Waals surface area contributed by atoms with Gasteiger partial charge in [-0.15, -0.1) is 13.2 Å². The van der Waals surface area contributed by atoms with Gasteiger partial charge in [-0.3, -0.25) is 0 Å². The highest BCUT2D eigenvalue weighted by molar-refractivity contribution is 7.62. The van der Waals surface area contributed by atoms with Crippen LogP contribution in [0.1, 0.15) is 27.7 Å². The average molecular weight is 229 g/mol. The molecule has 0 bridgehead atoms. The SMILES string of the molecule is C=CCN(CC=C)P(=O)(C(C)C)C(C)C. The molecule has 0 aromatic heterocycles. The van der Waals surface area contributed by atoms with E-state index in [0.29, 0.717) is 13.1 Å². The summed E-state index contributed by atoms with van der Waals surface area (Å²) in [4.78, 5) is 0. The summed E-state index contributed by atoms with van der Waals surface area (Å²) in [6.45, 7) is 16.9. The lowest BCUT2D eigenvalue weighted by molar-refractivity contribution is 0.455. The van der Waals surface area contributed by atoms with Crippen molar-refractivity contribution in [3.8, 4) is 0 Å². The third-order valence-electron chi connectivity index (χ3n) is 2.60. The Morgan fingerprint density at radius 3 is 1.60 bits per heavy atom. The Balaban J connectivity index is 5.07. The molecular formula is C12H24NOP. The van der Waals surface area contributed by atoms with Crippen LogP contribution in [0.3, 0.4) is 0 Å². The van der Waals surface area contributed by atoms with E-state index in [2.05, 4.69) is 13.2 Å². The van der Waals surface area contributed by atoms with Crippen LogP contribution < -0.4 is 0 Å². The summed E-state index contributed by atoms with van der Waals surface area (Å²) >= 11 is 0. The van der Waals surface area contributed by atoms with Crippen molar-refractivity contribution >= 4 is 7.29 Å². The van der Waals surface area contributed by atoms with Crippen molar-refractivity contribution in [1.29, 1.82) is 0 Å². The Kier molecular flexibility index (Phi) is 6.16. The fourth-order valence-corrected chi connectivity index (χ4v) is 5.12. The highest BCUT2D eigenvalue weighted by Gasteiger charge is 2.35. The molecule has 0 fully saturated rings. The summed E-state index contributed by atoms with van der Waals surface area (Å²) in [5.74, 6) is 0. The Morgan fingerprint density at radius 1 is 1.07 bits per heavy atom. The fraction of sp³-hybridized carbons (Fsp3) is 0.667. The van der Waals surface area contributed by atoms with Gasteiger partial charge in [0, 0.05) is 24.4 Å². The van der Waals surface area contributed by atoms with Gasteiger partial charge >= 0.3 is 0 Å². The van der Waals surface area contributed by atoms with E-state index in [-0.39, 0.29) is 11.3 Å². The second-order valence-corrected chi connectivity index (χ2v) is 8.29. The monoisotopic (exact) mass is 229 g/mol. The molecule has 0 heterocycles. The summed E-state index contributed by atoms with van der Waals surface area (Å²) in [5, 5.41) is 0. The van der Waals surface area contributed by atoms with Crippen LogP contribution in [-0.4, -0.2) is 29.1 Å². The molecule has 0 aliphatic rings. The van der Waals surface area contributed by atoms with E-state index in [1.54, 1.807) is 12.2 Å². The molecule has 0 rings (SSSR count). The van der Waals surface area contributed by atoms with Gasteiger partial charge in [-0.05, 0) is 0 Å². The first-order valence-electron chi connectivity index (χ1n) is 5.47. The molecule has 0 amide bonds. The minimum Gasteiger partial charge on any atom is -0.306 e. The van der Waals surface area contributed by atoms with Crippen LogP contribution in [0, 0.1) is 0 Å². The summed E-state index contributed by atoms with van der Waals surface area (Å²) < 4.78 is 14.9. The lowest BCUT2D eigenvalue weighted by Gasteiger charge is -2.36. The van der Waals surface area contributed by atoms with E-state index in [1.807, 2.05) is 32.4 Å². The normalized spacial score (nSPS) is 12.5. The van der Waals surface area contributed by atoms with Crippen molar-refractivity contribution < 1.29 is 4.57 Å². The number of nitrogens with zero attached hydrogens (tertiary/aromatic N) is 1. The van der Waals surface area contributed by atoms with Crippen molar-refractivity contribution in [1.82, 2.24) is 4.67 Å². The lowest BCUT2D eigenvalue weighted by atomic mass is 10.5. The van der Waals surface area contributed by atoms with E-state index < -0.39 is 7.29 Å². The van der Waals surface area contributed by atoms with Crippen LogP contribution in [-0.2, 0) is 4.57 Å². The largest absolute Gasteiger partial charge is 0.306 e. The van der Waals surface area contributed by atoms with E-state index in [0.717, 1.165) is 0 Å². The molecule has 0 aromatic carbocycles. The van der Waals surface area contributed by atoms with Gasteiger partial charge in [0.05, 0.1) is 0 Å². The fourth-order valence-electron chi connectivity index (χ4n) is 1.88. The van der Waals surface area contributed by atoms with Crippen molar-refractivity contribution in [2.24, 2.45) is 0 Å². The van der Waals surface area contributed by atoms with Gasteiger partial charge in [-0.1, -0.05) is 39.8 Å². The molecule has 0 unspecified atom stereocenters.